The molecule has 2 amide bonds. The molecule has 142 valence electrons. The van der Waals surface area contributed by atoms with E-state index in [4.69, 9.17) is 4.74 Å². The molecule has 0 bridgehead atoms. The van der Waals surface area contributed by atoms with Crippen molar-refractivity contribution in [2.45, 2.75) is 12.0 Å². The van der Waals surface area contributed by atoms with Gasteiger partial charge in [0.2, 0.25) is 5.91 Å². The summed E-state index contributed by atoms with van der Waals surface area (Å²) in [5, 5.41) is 5.75. The second-order valence-electron chi connectivity index (χ2n) is 6.46. The van der Waals surface area contributed by atoms with Crippen molar-refractivity contribution in [3.05, 3.63) is 60.4 Å². The average Bonchev–Trinajstić information content (AvgIpc) is 3.11. The Bertz CT molecular complexity index is 815. The van der Waals surface area contributed by atoms with Crippen LogP contribution in [0.25, 0.3) is 0 Å². The largest absolute Gasteiger partial charge is 0.484 e. The Balaban J connectivity index is 1.68. The van der Waals surface area contributed by atoms with E-state index in [2.05, 4.69) is 10.6 Å². The van der Waals surface area contributed by atoms with E-state index in [1.54, 1.807) is 36.2 Å². The Hall–Kier alpha value is -3.09. The van der Waals surface area contributed by atoms with E-state index < -0.39 is 11.4 Å². The zero-order valence-electron chi connectivity index (χ0n) is 15.1. The third-order valence-electron chi connectivity index (χ3n) is 4.60. The van der Waals surface area contributed by atoms with Crippen LogP contribution in [0.1, 0.15) is 6.42 Å². The Kier molecular flexibility index (Phi) is 5.59. The van der Waals surface area contributed by atoms with Gasteiger partial charge >= 0.3 is 0 Å². The maximum Gasteiger partial charge on any atom is 0.260 e. The number of amides is 2. The lowest BCUT2D eigenvalue weighted by Crippen LogP contribution is -2.54. The average molecular weight is 371 g/mol. The molecule has 1 fully saturated rings. The van der Waals surface area contributed by atoms with E-state index >= 15 is 0 Å². The highest BCUT2D eigenvalue weighted by Crippen LogP contribution is 2.27. The fourth-order valence-electron chi connectivity index (χ4n) is 3.20. The number of anilines is 1. The first-order valence-corrected chi connectivity index (χ1v) is 8.74. The van der Waals surface area contributed by atoms with E-state index in [1.807, 2.05) is 18.2 Å². The van der Waals surface area contributed by atoms with Crippen LogP contribution in [-0.4, -0.2) is 49.0 Å². The number of rotatable bonds is 6. The van der Waals surface area contributed by atoms with Crippen molar-refractivity contribution in [2.75, 3.05) is 32.1 Å². The number of halogens is 1. The zero-order valence-corrected chi connectivity index (χ0v) is 15.1. The summed E-state index contributed by atoms with van der Waals surface area (Å²) < 4.78 is 19.0. The number of nitrogens with zero attached hydrogens (tertiary/aromatic N) is 1. The first kappa shape index (κ1) is 18.7. The monoisotopic (exact) mass is 371 g/mol. The zero-order chi connectivity index (χ0) is 19.3. The molecular formula is C20H22FN3O3. The Labute approximate surface area is 157 Å². The van der Waals surface area contributed by atoms with Gasteiger partial charge in [0.25, 0.3) is 5.91 Å². The van der Waals surface area contributed by atoms with Crippen molar-refractivity contribution in [3.8, 4) is 5.75 Å². The van der Waals surface area contributed by atoms with E-state index in [0.717, 1.165) is 0 Å². The molecule has 0 saturated carbocycles. The van der Waals surface area contributed by atoms with Gasteiger partial charge in [-0.05, 0) is 36.8 Å². The van der Waals surface area contributed by atoms with Crippen LogP contribution in [-0.2, 0) is 9.59 Å². The summed E-state index contributed by atoms with van der Waals surface area (Å²) in [4.78, 5) is 26.6. The number of carbonyl (C=O) groups is 2. The summed E-state index contributed by atoms with van der Waals surface area (Å²) in [5.74, 6) is -0.230. The van der Waals surface area contributed by atoms with E-state index in [1.165, 1.54) is 12.1 Å². The van der Waals surface area contributed by atoms with Crippen LogP contribution in [0.5, 0.6) is 5.75 Å². The number of benzene rings is 2. The van der Waals surface area contributed by atoms with E-state index in [9.17, 15) is 14.0 Å². The molecule has 1 heterocycles. The van der Waals surface area contributed by atoms with Crippen molar-refractivity contribution in [1.29, 1.82) is 0 Å². The molecule has 1 aliphatic rings. The van der Waals surface area contributed by atoms with Crippen LogP contribution in [0.4, 0.5) is 10.1 Å². The van der Waals surface area contributed by atoms with Crippen LogP contribution in [0.2, 0.25) is 0 Å². The van der Waals surface area contributed by atoms with Crippen LogP contribution in [0.3, 0.4) is 0 Å². The van der Waals surface area contributed by atoms with Crippen LogP contribution >= 0.6 is 0 Å². The molecule has 0 aromatic heterocycles. The molecule has 1 aliphatic heterocycles. The van der Waals surface area contributed by atoms with Crippen molar-refractivity contribution in [2.24, 2.45) is 0 Å². The van der Waals surface area contributed by atoms with Crippen LogP contribution < -0.4 is 15.4 Å². The first-order valence-electron chi connectivity index (χ1n) is 8.74. The molecule has 0 aliphatic carbocycles. The van der Waals surface area contributed by atoms with Gasteiger partial charge < -0.3 is 20.3 Å². The molecule has 3 rings (SSSR count). The maximum atomic E-state index is 13.5. The number of para-hydroxylation sites is 1. The summed E-state index contributed by atoms with van der Waals surface area (Å²) in [7, 11) is 1.54. The highest BCUT2D eigenvalue weighted by atomic mass is 19.1. The molecule has 1 atom stereocenters. The first-order chi connectivity index (χ1) is 13.0. The standard InChI is InChI=1S/C20H22FN3O3/c1-22-19(26)20(23-16-7-5-6-15(21)12-16)10-11-24(14-20)18(25)13-27-17-8-3-2-4-9-17/h2-9,12,23H,10-11,13-14H2,1H3,(H,22,26). The van der Waals surface area contributed by atoms with Crippen molar-refractivity contribution in [3.63, 3.8) is 0 Å². The highest BCUT2D eigenvalue weighted by Gasteiger charge is 2.45. The van der Waals surface area contributed by atoms with Gasteiger partial charge in [-0.15, -0.1) is 0 Å². The Morgan fingerprint density at radius 1 is 1.19 bits per heavy atom. The smallest absolute Gasteiger partial charge is 0.260 e. The molecule has 2 aromatic carbocycles. The lowest BCUT2D eigenvalue weighted by molar-refractivity contribution is -0.132. The van der Waals surface area contributed by atoms with Gasteiger partial charge in [-0.3, -0.25) is 9.59 Å². The maximum absolute atomic E-state index is 13.5. The fourth-order valence-corrected chi connectivity index (χ4v) is 3.20. The molecule has 27 heavy (non-hydrogen) atoms. The highest BCUT2D eigenvalue weighted by molar-refractivity contribution is 5.91. The molecule has 0 spiro atoms. The van der Waals surface area contributed by atoms with Gasteiger partial charge in [-0.25, -0.2) is 4.39 Å². The van der Waals surface area contributed by atoms with Gasteiger partial charge in [0, 0.05) is 19.3 Å². The molecule has 6 nitrogen and oxygen atoms in total. The lowest BCUT2D eigenvalue weighted by Gasteiger charge is -2.30. The number of ether oxygens (including phenoxy) is 1. The molecule has 2 N–H and O–H groups in total. The summed E-state index contributed by atoms with van der Waals surface area (Å²) in [6.45, 7) is 0.487. The summed E-state index contributed by atoms with van der Waals surface area (Å²) in [6, 6.07) is 15.0. The Morgan fingerprint density at radius 3 is 2.67 bits per heavy atom. The van der Waals surface area contributed by atoms with Gasteiger partial charge in [-0.2, -0.15) is 0 Å². The van der Waals surface area contributed by atoms with Gasteiger partial charge in [-0.1, -0.05) is 24.3 Å². The normalized spacial score (nSPS) is 18.8. The third kappa shape index (κ3) is 4.36. The number of likely N-dealkylation sites (N-methyl/N-ethyl adjacent to an activating group) is 1. The number of carbonyl (C=O) groups excluding carboxylic acids is 2. The molecular weight excluding hydrogens is 349 g/mol. The van der Waals surface area contributed by atoms with Crippen molar-refractivity contribution >= 4 is 17.5 Å². The van der Waals surface area contributed by atoms with E-state index in [0.29, 0.717) is 24.4 Å². The Morgan fingerprint density at radius 2 is 1.96 bits per heavy atom. The fraction of sp³-hybridized carbons (Fsp3) is 0.300. The number of likely N-dealkylation sites (tertiary alicyclic amines) is 1. The third-order valence-corrected chi connectivity index (χ3v) is 4.60. The van der Waals surface area contributed by atoms with Gasteiger partial charge in [0.15, 0.2) is 6.61 Å². The SMILES string of the molecule is CNC(=O)C1(Nc2cccc(F)c2)CCN(C(=O)COc2ccccc2)C1. The molecule has 7 heteroatoms. The van der Waals surface area contributed by atoms with Gasteiger partial charge in [0.05, 0.1) is 6.54 Å². The number of hydrogen-bond acceptors (Lipinski definition) is 4. The molecule has 2 aromatic rings. The van der Waals surface area contributed by atoms with Crippen molar-refractivity contribution in [1.82, 2.24) is 10.2 Å². The van der Waals surface area contributed by atoms with Crippen molar-refractivity contribution < 1.29 is 18.7 Å². The van der Waals surface area contributed by atoms with Gasteiger partial charge in [0.1, 0.15) is 17.1 Å². The molecule has 1 saturated heterocycles. The van der Waals surface area contributed by atoms with E-state index in [-0.39, 0.29) is 25.0 Å². The molecule has 0 radical (unpaired) electrons. The lowest BCUT2D eigenvalue weighted by atomic mass is 9.96. The predicted octanol–water partition coefficient (Wildman–Crippen LogP) is 2.03. The molecule has 1 unspecified atom stereocenters. The second kappa shape index (κ2) is 8.07. The minimum Gasteiger partial charge on any atom is -0.484 e. The quantitative estimate of drug-likeness (QED) is 0.815. The minimum atomic E-state index is -1.01. The summed E-state index contributed by atoms with van der Waals surface area (Å²) in [6.07, 6.45) is 0.417. The summed E-state index contributed by atoms with van der Waals surface area (Å²) in [5.41, 5.74) is -0.515. The van der Waals surface area contributed by atoms with Crippen LogP contribution in [0, 0.1) is 5.82 Å². The van der Waals surface area contributed by atoms with Crippen LogP contribution in [0.15, 0.2) is 54.6 Å². The second-order valence-corrected chi connectivity index (χ2v) is 6.46. The minimum absolute atomic E-state index is 0.103. The topological polar surface area (TPSA) is 70.7 Å². The predicted molar refractivity (Wildman–Crippen MR) is 100.0 cm³/mol. The number of hydrogen-bond donors (Lipinski definition) is 2. The summed E-state index contributed by atoms with van der Waals surface area (Å²) >= 11 is 0. The number of nitrogens with one attached hydrogen (secondary N) is 2.